The van der Waals surface area contributed by atoms with E-state index in [9.17, 15) is 0 Å². The van der Waals surface area contributed by atoms with E-state index in [1.165, 1.54) is 5.56 Å². The van der Waals surface area contributed by atoms with Crippen molar-refractivity contribution in [2.45, 2.75) is 31.7 Å². The molecule has 1 aromatic carbocycles. The second-order valence-corrected chi connectivity index (χ2v) is 4.38. The highest BCUT2D eigenvalue weighted by Gasteiger charge is 2.22. The summed E-state index contributed by atoms with van der Waals surface area (Å²) in [5.74, 6) is 0. The quantitative estimate of drug-likeness (QED) is 0.785. The molecule has 1 fully saturated rings. The first-order valence-electron chi connectivity index (χ1n) is 6.14. The molecule has 2 rings (SSSR count). The molecule has 0 saturated carbocycles. The molecule has 0 aliphatic carbocycles. The molecule has 1 aliphatic heterocycles. The van der Waals surface area contributed by atoms with Crippen LogP contribution in [-0.2, 0) is 20.8 Å². The lowest BCUT2D eigenvalue weighted by Gasteiger charge is -2.28. The van der Waals surface area contributed by atoms with Crippen LogP contribution in [0.5, 0.6) is 0 Å². The Morgan fingerprint density at radius 2 is 2.12 bits per heavy atom. The largest absolute Gasteiger partial charge is 0.381 e. The van der Waals surface area contributed by atoms with Gasteiger partial charge in [0.15, 0.2) is 0 Å². The summed E-state index contributed by atoms with van der Waals surface area (Å²) in [7, 11) is 1.76. The smallest absolute Gasteiger partial charge is 0.0833 e. The van der Waals surface area contributed by atoms with Gasteiger partial charge in [0.25, 0.3) is 0 Å². The minimum absolute atomic E-state index is 0.178. The lowest BCUT2D eigenvalue weighted by atomic mass is 10.1. The molecule has 0 spiro atoms. The molecule has 0 aromatic heterocycles. The van der Waals surface area contributed by atoms with Crippen molar-refractivity contribution in [2.24, 2.45) is 0 Å². The van der Waals surface area contributed by atoms with Crippen LogP contribution < -0.4 is 0 Å². The van der Waals surface area contributed by atoms with E-state index in [-0.39, 0.29) is 6.10 Å². The lowest BCUT2D eigenvalue weighted by molar-refractivity contribution is -0.0904. The highest BCUT2D eigenvalue weighted by molar-refractivity contribution is 5.13. The maximum atomic E-state index is 5.67. The van der Waals surface area contributed by atoms with E-state index in [0.29, 0.717) is 19.3 Å². The summed E-state index contributed by atoms with van der Waals surface area (Å²) in [4.78, 5) is 0. The third-order valence-corrected chi connectivity index (χ3v) is 3.07. The van der Waals surface area contributed by atoms with Gasteiger partial charge < -0.3 is 14.2 Å². The molecule has 2 unspecified atom stereocenters. The highest BCUT2D eigenvalue weighted by Crippen LogP contribution is 2.16. The minimum atomic E-state index is 0.178. The average Bonchev–Trinajstić information content (AvgIpc) is 2.40. The van der Waals surface area contributed by atoms with Gasteiger partial charge in [-0.1, -0.05) is 30.3 Å². The molecule has 0 N–H and O–H groups in total. The molecular weight excluding hydrogens is 216 g/mol. The van der Waals surface area contributed by atoms with Crippen molar-refractivity contribution >= 4 is 0 Å². The zero-order valence-electron chi connectivity index (χ0n) is 10.3. The monoisotopic (exact) mass is 236 g/mol. The Morgan fingerprint density at radius 1 is 1.29 bits per heavy atom. The van der Waals surface area contributed by atoms with Crippen molar-refractivity contribution in [3.8, 4) is 0 Å². The summed E-state index contributed by atoms with van der Waals surface area (Å²) >= 11 is 0. The third-order valence-electron chi connectivity index (χ3n) is 3.07. The summed E-state index contributed by atoms with van der Waals surface area (Å²) in [5.41, 5.74) is 1.20. The maximum absolute atomic E-state index is 5.67. The van der Waals surface area contributed by atoms with Crippen molar-refractivity contribution in [3.63, 3.8) is 0 Å². The van der Waals surface area contributed by atoms with Gasteiger partial charge in [-0.05, 0) is 12.0 Å². The fourth-order valence-electron chi connectivity index (χ4n) is 2.06. The van der Waals surface area contributed by atoms with Crippen LogP contribution in [0, 0.1) is 0 Å². The van der Waals surface area contributed by atoms with Crippen LogP contribution in [0.15, 0.2) is 30.3 Å². The molecule has 2 atom stereocenters. The topological polar surface area (TPSA) is 27.7 Å². The van der Waals surface area contributed by atoms with Crippen LogP contribution in [0.1, 0.15) is 18.4 Å². The Kier molecular flexibility index (Phi) is 4.98. The van der Waals surface area contributed by atoms with Crippen LogP contribution in [0.3, 0.4) is 0 Å². The van der Waals surface area contributed by atoms with Gasteiger partial charge in [-0.25, -0.2) is 0 Å². The second-order valence-electron chi connectivity index (χ2n) is 4.38. The van der Waals surface area contributed by atoms with E-state index >= 15 is 0 Å². The molecule has 1 aliphatic rings. The van der Waals surface area contributed by atoms with E-state index < -0.39 is 0 Å². The summed E-state index contributed by atoms with van der Waals surface area (Å²) in [6.45, 7) is 2.07. The number of benzene rings is 1. The first-order chi connectivity index (χ1) is 8.38. The van der Waals surface area contributed by atoms with Crippen LogP contribution in [0.25, 0.3) is 0 Å². The Bertz CT molecular complexity index is 313. The molecule has 1 saturated heterocycles. The number of hydrogen-bond acceptors (Lipinski definition) is 3. The first kappa shape index (κ1) is 12.6. The minimum Gasteiger partial charge on any atom is -0.381 e. The summed E-state index contributed by atoms with van der Waals surface area (Å²) in [5, 5.41) is 0. The zero-order chi connectivity index (χ0) is 11.9. The zero-order valence-corrected chi connectivity index (χ0v) is 10.3. The van der Waals surface area contributed by atoms with Crippen LogP contribution in [0.4, 0.5) is 0 Å². The van der Waals surface area contributed by atoms with Gasteiger partial charge in [0.2, 0.25) is 0 Å². The van der Waals surface area contributed by atoms with Crippen LogP contribution in [-0.4, -0.2) is 32.5 Å². The Morgan fingerprint density at radius 3 is 2.88 bits per heavy atom. The second kappa shape index (κ2) is 6.74. The molecule has 3 nitrogen and oxygen atoms in total. The van der Waals surface area contributed by atoms with Crippen molar-refractivity contribution in [1.29, 1.82) is 0 Å². The molecule has 3 heteroatoms. The molecule has 1 heterocycles. The van der Waals surface area contributed by atoms with Crippen LogP contribution >= 0.6 is 0 Å². The van der Waals surface area contributed by atoms with Crippen molar-refractivity contribution in [2.75, 3.05) is 20.3 Å². The van der Waals surface area contributed by atoms with E-state index in [1.807, 2.05) is 18.2 Å². The van der Waals surface area contributed by atoms with Crippen LogP contribution in [0.2, 0.25) is 0 Å². The van der Waals surface area contributed by atoms with Crippen molar-refractivity contribution < 1.29 is 14.2 Å². The van der Waals surface area contributed by atoms with Gasteiger partial charge in [-0.2, -0.15) is 0 Å². The maximum Gasteiger partial charge on any atom is 0.0833 e. The predicted octanol–water partition coefficient (Wildman–Crippen LogP) is 2.40. The number of rotatable bonds is 5. The normalized spacial score (nSPS) is 24.8. The molecule has 94 valence electrons. The molecule has 0 radical (unpaired) electrons. The number of ether oxygens (including phenoxy) is 3. The first-order valence-corrected chi connectivity index (χ1v) is 6.14. The standard InChI is InChI=1S/C14H20O3/c1-15-13-7-8-17-14(9-13)11-16-10-12-5-3-2-4-6-12/h2-6,13-14H,7-11H2,1H3. The number of hydrogen-bond donors (Lipinski definition) is 0. The van der Waals surface area contributed by atoms with Gasteiger partial charge >= 0.3 is 0 Å². The summed E-state index contributed by atoms with van der Waals surface area (Å²) in [6, 6.07) is 10.2. The van der Waals surface area contributed by atoms with Gasteiger partial charge in [-0.15, -0.1) is 0 Å². The van der Waals surface area contributed by atoms with Crippen molar-refractivity contribution in [1.82, 2.24) is 0 Å². The summed E-state index contributed by atoms with van der Waals surface area (Å²) < 4.78 is 16.7. The molecule has 0 bridgehead atoms. The van der Waals surface area contributed by atoms with Gasteiger partial charge in [-0.3, -0.25) is 0 Å². The van der Waals surface area contributed by atoms with E-state index in [2.05, 4.69) is 12.1 Å². The molecule has 0 amide bonds. The van der Waals surface area contributed by atoms with Crippen molar-refractivity contribution in [3.05, 3.63) is 35.9 Å². The molecule has 17 heavy (non-hydrogen) atoms. The van der Waals surface area contributed by atoms with Gasteiger partial charge in [0.05, 0.1) is 25.4 Å². The van der Waals surface area contributed by atoms with E-state index in [4.69, 9.17) is 14.2 Å². The van der Waals surface area contributed by atoms with Gasteiger partial charge in [0, 0.05) is 20.1 Å². The fraction of sp³-hybridized carbons (Fsp3) is 0.571. The predicted molar refractivity (Wildman–Crippen MR) is 65.9 cm³/mol. The third kappa shape index (κ3) is 4.11. The molecular formula is C14H20O3. The SMILES string of the molecule is COC1CCOC(COCc2ccccc2)C1. The Labute approximate surface area is 103 Å². The van der Waals surface area contributed by atoms with E-state index in [0.717, 1.165) is 19.4 Å². The lowest BCUT2D eigenvalue weighted by Crippen LogP contribution is -2.33. The Hall–Kier alpha value is -0.900. The van der Waals surface area contributed by atoms with E-state index in [1.54, 1.807) is 7.11 Å². The summed E-state index contributed by atoms with van der Waals surface area (Å²) in [6.07, 6.45) is 2.43. The molecule has 1 aromatic rings. The number of methoxy groups -OCH3 is 1. The Balaban J connectivity index is 1.68. The van der Waals surface area contributed by atoms with Gasteiger partial charge in [0.1, 0.15) is 0 Å². The average molecular weight is 236 g/mol. The highest BCUT2D eigenvalue weighted by atomic mass is 16.5. The fourth-order valence-corrected chi connectivity index (χ4v) is 2.06.